The molecule has 124 valence electrons. The molecule has 0 radical (unpaired) electrons. The molecule has 2 atom stereocenters. The van der Waals surface area contributed by atoms with Gasteiger partial charge in [-0.15, -0.1) is 6.58 Å². The van der Waals surface area contributed by atoms with E-state index in [1.807, 2.05) is 6.08 Å². The standard InChI is InChI=1S/C22H31N/c1-3-5-6-10-14-21(11-4-2)23-22-17-15-20(16-18-22)19-12-8-7-9-13-19/h4-8,12,15,17-18,20-21,23H,2-3,9-11,13-14,16H2,1H3/b6-5+. The van der Waals surface area contributed by atoms with Gasteiger partial charge in [-0.05, 0) is 51.0 Å². The van der Waals surface area contributed by atoms with Crippen LogP contribution in [0.2, 0.25) is 0 Å². The molecule has 0 aromatic heterocycles. The molecule has 2 unspecified atom stereocenters. The highest BCUT2D eigenvalue weighted by Gasteiger charge is 2.15. The van der Waals surface area contributed by atoms with Gasteiger partial charge in [-0.3, -0.25) is 0 Å². The topological polar surface area (TPSA) is 12.0 Å². The van der Waals surface area contributed by atoms with Gasteiger partial charge in [0.05, 0.1) is 0 Å². The molecule has 0 bridgehead atoms. The van der Waals surface area contributed by atoms with E-state index in [1.165, 1.54) is 18.5 Å². The Labute approximate surface area is 142 Å². The SMILES string of the molecule is C=CCC(CC/C=C/CC)NC1=CCC(C2=CC=CCC2)C=C1. The quantitative estimate of drug-likeness (QED) is 0.515. The molecule has 1 nitrogen and oxygen atoms in total. The molecule has 0 aromatic rings. The predicted octanol–water partition coefficient (Wildman–Crippen LogP) is 6.00. The molecule has 2 aliphatic rings. The first-order chi connectivity index (χ1) is 11.3. The van der Waals surface area contributed by atoms with Crippen molar-refractivity contribution >= 4 is 0 Å². The van der Waals surface area contributed by atoms with Gasteiger partial charge in [0.2, 0.25) is 0 Å². The summed E-state index contributed by atoms with van der Waals surface area (Å²) in [6, 6.07) is 0.485. The van der Waals surface area contributed by atoms with E-state index in [4.69, 9.17) is 0 Å². The van der Waals surface area contributed by atoms with Gasteiger partial charge in [-0.25, -0.2) is 0 Å². The zero-order valence-corrected chi connectivity index (χ0v) is 14.5. The first-order valence-electron chi connectivity index (χ1n) is 9.09. The third-order valence-electron chi connectivity index (χ3n) is 4.53. The molecule has 0 fully saturated rings. The molecule has 0 spiro atoms. The summed E-state index contributed by atoms with van der Waals surface area (Å²) in [7, 11) is 0. The van der Waals surface area contributed by atoms with Crippen LogP contribution in [0.5, 0.6) is 0 Å². The van der Waals surface area contributed by atoms with Gasteiger partial charge >= 0.3 is 0 Å². The second-order valence-electron chi connectivity index (χ2n) is 6.39. The minimum Gasteiger partial charge on any atom is -0.382 e. The van der Waals surface area contributed by atoms with E-state index in [9.17, 15) is 0 Å². The minimum absolute atomic E-state index is 0.485. The van der Waals surface area contributed by atoms with Crippen molar-refractivity contribution in [3.8, 4) is 0 Å². The Balaban J connectivity index is 1.84. The van der Waals surface area contributed by atoms with Crippen LogP contribution in [0.4, 0.5) is 0 Å². The maximum Gasteiger partial charge on any atom is 0.0299 e. The average Bonchev–Trinajstić information content (AvgIpc) is 2.60. The predicted molar refractivity (Wildman–Crippen MR) is 102 cm³/mol. The molecule has 23 heavy (non-hydrogen) atoms. The molecule has 0 heterocycles. The monoisotopic (exact) mass is 309 g/mol. The fourth-order valence-electron chi connectivity index (χ4n) is 3.20. The lowest BCUT2D eigenvalue weighted by Crippen LogP contribution is -2.28. The summed E-state index contributed by atoms with van der Waals surface area (Å²) in [6.07, 6.45) is 28.3. The minimum atomic E-state index is 0.485. The lowest BCUT2D eigenvalue weighted by Gasteiger charge is -2.24. The highest BCUT2D eigenvalue weighted by atomic mass is 14.9. The summed E-state index contributed by atoms with van der Waals surface area (Å²) < 4.78 is 0. The highest BCUT2D eigenvalue weighted by Crippen LogP contribution is 2.28. The van der Waals surface area contributed by atoms with Crippen LogP contribution >= 0.6 is 0 Å². The van der Waals surface area contributed by atoms with Crippen LogP contribution in [0.15, 0.2) is 72.5 Å². The summed E-state index contributed by atoms with van der Waals surface area (Å²) in [6.45, 7) is 6.08. The zero-order chi connectivity index (χ0) is 16.3. The third kappa shape index (κ3) is 6.09. The van der Waals surface area contributed by atoms with Gasteiger partial charge < -0.3 is 5.32 Å². The van der Waals surface area contributed by atoms with Crippen LogP contribution in [-0.2, 0) is 0 Å². The van der Waals surface area contributed by atoms with Gasteiger partial charge in [0.25, 0.3) is 0 Å². The van der Waals surface area contributed by atoms with E-state index in [2.05, 4.69) is 67.4 Å². The fraction of sp³-hybridized carbons (Fsp3) is 0.455. The van der Waals surface area contributed by atoms with E-state index in [1.54, 1.807) is 5.57 Å². The zero-order valence-electron chi connectivity index (χ0n) is 14.5. The first-order valence-corrected chi connectivity index (χ1v) is 9.09. The summed E-state index contributed by atoms with van der Waals surface area (Å²) in [5.41, 5.74) is 2.85. The molecular formula is C22H31N. The van der Waals surface area contributed by atoms with Gasteiger partial charge in [-0.2, -0.15) is 0 Å². The first kappa shape index (κ1) is 17.6. The smallest absolute Gasteiger partial charge is 0.0299 e. The Hall–Kier alpha value is -1.76. The molecule has 0 saturated heterocycles. The highest BCUT2D eigenvalue weighted by molar-refractivity contribution is 5.31. The van der Waals surface area contributed by atoms with Crippen molar-refractivity contribution < 1.29 is 0 Å². The Bertz CT molecular complexity index is 516. The summed E-state index contributed by atoms with van der Waals surface area (Å²) >= 11 is 0. The third-order valence-corrected chi connectivity index (χ3v) is 4.53. The average molecular weight is 309 g/mol. The molecule has 2 aliphatic carbocycles. The van der Waals surface area contributed by atoms with E-state index in [0.29, 0.717) is 12.0 Å². The van der Waals surface area contributed by atoms with Gasteiger partial charge in [0.1, 0.15) is 0 Å². The maximum atomic E-state index is 3.90. The molecule has 0 amide bonds. The van der Waals surface area contributed by atoms with E-state index in [0.717, 1.165) is 32.1 Å². The van der Waals surface area contributed by atoms with E-state index >= 15 is 0 Å². The summed E-state index contributed by atoms with van der Waals surface area (Å²) in [4.78, 5) is 0. The number of hydrogen-bond acceptors (Lipinski definition) is 1. The molecule has 1 N–H and O–H groups in total. The van der Waals surface area contributed by atoms with Crippen molar-refractivity contribution in [2.24, 2.45) is 5.92 Å². The Kier molecular flexibility index (Phi) is 7.72. The molecule has 0 aliphatic heterocycles. The van der Waals surface area contributed by atoms with E-state index in [-0.39, 0.29) is 0 Å². The van der Waals surface area contributed by atoms with Crippen molar-refractivity contribution in [2.75, 3.05) is 0 Å². The van der Waals surface area contributed by atoms with Crippen LogP contribution in [0.1, 0.15) is 51.9 Å². The normalized spacial score (nSPS) is 21.9. The van der Waals surface area contributed by atoms with Crippen LogP contribution in [0, 0.1) is 5.92 Å². The van der Waals surface area contributed by atoms with Crippen molar-refractivity contribution in [2.45, 2.75) is 57.9 Å². The van der Waals surface area contributed by atoms with Crippen molar-refractivity contribution in [1.82, 2.24) is 5.32 Å². The Morgan fingerprint density at radius 3 is 2.96 bits per heavy atom. The Morgan fingerprint density at radius 1 is 1.39 bits per heavy atom. The lowest BCUT2D eigenvalue weighted by atomic mass is 9.86. The van der Waals surface area contributed by atoms with Crippen LogP contribution in [-0.4, -0.2) is 6.04 Å². The molecular weight excluding hydrogens is 278 g/mol. The van der Waals surface area contributed by atoms with Crippen molar-refractivity contribution in [1.29, 1.82) is 0 Å². The summed E-state index contributed by atoms with van der Waals surface area (Å²) in [5, 5.41) is 3.69. The number of hydrogen-bond donors (Lipinski definition) is 1. The van der Waals surface area contributed by atoms with E-state index < -0.39 is 0 Å². The van der Waals surface area contributed by atoms with Crippen LogP contribution in [0.25, 0.3) is 0 Å². The van der Waals surface area contributed by atoms with Gasteiger partial charge in [0, 0.05) is 17.7 Å². The number of nitrogens with one attached hydrogen (secondary N) is 1. The van der Waals surface area contributed by atoms with Crippen LogP contribution < -0.4 is 5.32 Å². The van der Waals surface area contributed by atoms with Crippen LogP contribution in [0.3, 0.4) is 0 Å². The number of rotatable bonds is 9. The molecule has 0 aromatic carbocycles. The van der Waals surface area contributed by atoms with Crippen molar-refractivity contribution in [3.63, 3.8) is 0 Å². The second-order valence-corrected chi connectivity index (χ2v) is 6.39. The summed E-state index contributed by atoms with van der Waals surface area (Å²) in [5.74, 6) is 0.593. The largest absolute Gasteiger partial charge is 0.382 e. The maximum absolute atomic E-state index is 3.90. The number of allylic oxidation sites excluding steroid dienone is 9. The second kappa shape index (κ2) is 10.1. The molecule has 1 heteroatoms. The fourth-order valence-corrected chi connectivity index (χ4v) is 3.20. The Morgan fingerprint density at radius 2 is 2.30 bits per heavy atom. The van der Waals surface area contributed by atoms with Crippen molar-refractivity contribution in [3.05, 3.63) is 72.5 Å². The van der Waals surface area contributed by atoms with Gasteiger partial charge in [0.15, 0.2) is 0 Å². The molecule has 0 saturated carbocycles. The van der Waals surface area contributed by atoms with Gasteiger partial charge in [-0.1, -0.05) is 61.1 Å². The lowest BCUT2D eigenvalue weighted by molar-refractivity contribution is 0.536. The molecule has 2 rings (SSSR count).